The number of dihydropyridines is 1. The number of carbonyl (C=O) groups excluding carboxylic acids is 2. The van der Waals surface area contributed by atoms with Gasteiger partial charge < -0.3 is 19.5 Å². The molecule has 2 atom stereocenters. The summed E-state index contributed by atoms with van der Waals surface area (Å²) in [6, 6.07) is 13.6. The van der Waals surface area contributed by atoms with Gasteiger partial charge in [-0.3, -0.25) is 4.79 Å². The first kappa shape index (κ1) is 27.3. The van der Waals surface area contributed by atoms with Gasteiger partial charge in [-0.15, -0.1) is 0 Å². The van der Waals surface area contributed by atoms with E-state index in [1.807, 2.05) is 49.4 Å². The van der Waals surface area contributed by atoms with Gasteiger partial charge in [-0.25, -0.2) is 4.79 Å². The lowest BCUT2D eigenvalue weighted by molar-refractivity contribution is -0.138. The number of ketones is 1. The molecule has 2 unspecified atom stereocenters. The minimum absolute atomic E-state index is 0.0332. The first-order valence-corrected chi connectivity index (χ1v) is 14.3. The van der Waals surface area contributed by atoms with Gasteiger partial charge in [0.15, 0.2) is 5.78 Å². The van der Waals surface area contributed by atoms with Gasteiger partial charge in [-0.2, -0.15) is 11.8 Å². The van der Waals surface area contributed by atoms with Crippen LogP contribution in [0.15, 0.2) is 69.5 Å². The lowest BCUT2D eigenvalue weighted by Gasteiger charge is -2.36. The molecule has 0 spiro atoms. The number of halogens is 1. The minimum atomic E-state index is -0.519. The molecule has 0 saturated carbocycles. The highest BCUT2D eigenvalue weighted by Gasteiger charge is 2.41. The molecular weight excluding hydrogens is 554 g/mol. The van der Waals surface area contributed by atoms with E-state index in [1.54, 1.807) is 26.0 Å². The van der Waals surface area contributed by atoms with E-state index in [0.717, 1.165) is 38.6 Å². The number of rotatable bonds is 9. The zero-order chi connectivity index (χ0) is 26.5. The van der Waals surface area contributed by atoms with Crippen molar-refractivity contribution in [2.45, 2.75) is 38.5 Å². The lowest BCUT2D eigenvalue weighted by Crippen LogP contribution is -2.36. The number of allylic oxidation sites excluding steroid dienone is 3. The molecule has 1 aliphatic heterocycles. The summed E-state index contributed by atoms with van der Waals surface area (Å²) in [6.07, 6.45) is 1.04. The summed E-state index contributed by atoms with van der Waals surface area (Å²) < 4.78 is 17.1. The van der Waals surface area contributed by atoms with E-state index in [9.17, 15) is 9.59 Å². The molecule has 37 heavy (non-hydrogen) atoms. The molecule has 0 radical (unpaired) electrons. The summed E-state index contributed by atoms with van der Waals surface area (Å²) in [4.78, 5) is 27.1. The molecule has 6 nitrogen and oxygen atoms in total. The summed E-state index contributed by atoms with van der Waals surface area (Å²) >= 11 is 5.29. The van der Waals surface area contributed by atoms with Crippen LogP contribution in [0.4, 0.5) is 0 Å². The molecule has 8 heteroatoms. The average Bonchev–Trinajstić information content (AvgIpc) is 2.90. The Morgan fingerprint density at radius 2 is 1.81 bits per heavy atom. The van der Waals surface area contributed by atoms with Crippen molar-refractivity contribution in [3.05, 3.63) is 80.6 Å². The predicted molar refractivity (Wildman–Crippen MR) is 150 cm³/mol. The zero-order valence-corrected chi connectivity index (χ0v) is 24.0. The monoisotopic (exact) mass is 585 g/mol. The van der Waals surface area contributed by atoms with Crippen LogP contribution < -0.4 is 14.8 Å². The Morgan fingerprint density at radius 1 is 1.08 bits per heavy atom. The van der Waals surface area contributed by atoms with Crippen molar-refractivity contribution in [3.8, 4) is 11.5 Å². The van der Waals surface area contributed by atoms with Crippen LogP contribution in [0.3, 0.4) is 0 Å². The Morgan fingerprint density at radius 3 is 2.46 bits per heavy atom. The largest absolute Gasteiger partial charge is 0.497 e. The second-order valence-corrected chi connectivity index (χ2v) is 11.3. The molecule has 1 N–H and O–H groups in total. The number of thioether (sulfide) groups is 1. The van der Waals surface area contributed by atoms with Crippen LogP contribution in [0.2, 0.25) is 0 Å². The molecule has 0 saturated heterocycles. The van der Waals surface area contributed by atoms with E-state index < -0.39 is 11.9 Å². The molecule has 2 aliphatic rings. The SMILES string of the molecule is CCSCCOC(=O)C1=C(C)NC2=C(C(=O)CC(c3ccc(OC)cc3)C2)C1c1ccc(OC)c(Br)c1. The topological polar surface area (TPSA) is 73.9 Å². The highest BCUT2D eigenvalue weighted by atomic mass is 79.9. The van der Waals surface area contributed by atoms with Crippen molar-refractivity contribution in [2.24, 2.45) is 0 Å². The van der Waals surface area contributed by atoms with Gasteiger partial charge in [-0.05, 0) is 76.3 Å². The Labute approximate surface area is 231 Å². The van der Waals surface area contributed by atoms with Crippen LogP contribution in [-0.4, -0.2) is 44.1 Å². The van der Waals surface area contributed by atoms with Crippen molar-refractivity contribution in [3.63, 3.8) is 0 Å². The summed E-state index contributed by atoms with van der Waals surface area (Å²) in [6.45, 7) is 4.28. The van der Waals surface area contributed by atoms with E-state index in [4.69, 9.17) is 14.2 Å². The Bertz CT molecular complexity index is 1240. The number of hydrogen-bond acceptors (Lipinski definition) is 7. The number of hydrogen-bond donors (Lipinski definition) is 1. The predicted octanol–water partition coefficient (Wildman–Crippen LogP) is 6.12. The number of Topliss-reactive ketones (excluding diaryl/α,β-unsaturated/α-hetero) is 1. The van der Waals surface area contributed by atoms with E-state index in [1.165, 1.54) is 0 Å². The van der Waals surface area contributed by atoms with E-state index in [2.05, 4.69) is 28.2 Å². The van der Waals surface area contributed by atoms with Crippen molar-refractivity contribution >= 4 is 39.4 Å². The smallest absolute Gasteiger partial charge is 0.336 e. The molecule has 4 rings (SSSR count). The molecule has 1 heterocycles. The Balaban J connectivity index is 1.72. The molecule has 0 amide bonds. The highest BCUT2D eigenvalue weighted by Crippen LogP contribution is 2.46. The van der Waals surface area contributed by atoms with Crippen LogP contribution in [0.1, 0.15) is 49.7 Å². The van der Waals surface area contributed by atoms with Crippen molar-refractivity contribution in [2.75, 3.05) is 32.3 Å². The summed E-state index contributed by atoms with van der Waals surface area (Å²) in [7, 11) is 3.25. The quantitative estimate of drug-likeness (QED) is 0.280. The summed E-state index contributed by atoms with van der Waals surface area (Å²) in [5.74, 6) is 2.32. The third-order valence-electron chi connectivity index (χ3n) is 6.81. The molecule has 0 fully saturated rings. The maximum atomic E-state index is 13.8. The third-order valence-corrected chi connectivity index (χ3v) is 8.29. The third kappa shape index (κ3) is 5.91. The number of methoxy groups -OCH3 is 2. The fourth-order valence-corrected chi connectivity index (χ4v) is 6.08. The first-order chi connectivity index (χ1) is 17.9. The average molecular weight is 587 g/mol. The zero-order valence-electron chi connectivity index (χ0n) is 21.6. The molecule has 2 aromatic carbocycles. The number of ether oxygens (including phenoxy) is 3. The van der Waals surface area contributed by atoms with Crippen LogP contribution in [0.5, 0.6) is 11.5 Å². The van der Waals surface area contributed by atoms with Crippen LogP contribution in [0, 0.1) is 0 Å². The van der Waals surface area contributed by atoms with Crippen molar-refractivity contribution in [1.29, 1.82) is 0 Å². The molecule has 1 aliphatic carbocycles. The maximum Gasteiger partial charge on any atom is 0.336 e. The number of nitrogens with one attached hydrogen (secondary N) is 1. The van der Waals surface area contributed by atoms with Gasteiger partial charge in [0.25, 0.3) is 0 Å². The van der Waals surface area contributed by atoms with Crippen LogP contribution in [-0.2, 0) is 14.3 Å². The standard InChI is InChI=1S/C29H32BrNO5S/c1-5-37-13-12-36-29(33)26-17(2)31-23-15-20(18-6-9-21(34-3)10-7-18)16-24(32)28(23)27(26)19-8-11-25(35-4)22(30)14-19/h6-11,14,20,27,31H,5,12-13,15-16H2,1-4H3. The van der Waals surface area contributed by atoms with Gasteiger partial charge >= 0.3 is 5.97 Å². The van der Waals surface area contributed by atoms with E-state index in [-0.39, 0.29) is 11.7 Å². The van der Waals surface area contributed by atoms with Crippen molar-refractivity contribution < 1.29 is 23.8 Å². The molecular formula is C29H32BrNO5S. The lowest BCUT2D eigenvalue weighted by atomic mass is 9.71. The fraction of sp³-hybridized carbons (Fsp3) is 0.379. The minimum Gasteiger partial charge on any atom is -0.497 e. The number of esters is 1. The Kier molecular flexibility index (Phi) is 9.03. The van der Waals surface area contributed by atoms with E-state index in [0.29, 0.717) is 42.0 Å². The normalized spacial score (nSPS) is 19.3. The van der Waals surface area contributed by atoms with Gasteiger partial charge in [0, 0.05) is 35.1 Å². The molecule has 0 bridgehead atoms. The van der Waals surface area contributed by atoms with E-state index >= 15 is 0 Å². The van der Waals surface area contributed by atoms with Gasteiger partial charge in [0.1, 0.15) is 18.1 Å². The second-order valence-electron chi connectivity index (χ2n) is 9.02. The van der Waals surface area contributed by atoms with Gasteiger partial charge in [0.2, 0.25) is 0 Å². The molecule has 2 aromatic rings. The first-order valence-electron chi connectivity index (χ1n) is 12.3. The second kappa shape index (κ2) is 12.2. The number of carbonyl (C=O) groups is 2. The molecule has 196 valence electrons. The Hall–Kier alpha value is -2.71. The summed E-state index contributed by atoms with van der Waals surface area (Å²) in [5, 5.41) is 3.41. The molecule has 0 aromatic heterocycles. The van der Waals surface area contributed by atoms with Crippen LogP contribution in [0.25, 0.3) is 0 Å². The van der Waals surface area contributed by atoms with Gasteiger partial charge in [-0.1, -0.05) is 25.1 Å². The highest BCUT2D eigenvalue weighted by molar-refractivity contribution is 9.10. The number of benzene rings is 2. The summed E-state index contributed by atoms with van der Waals surface area (Å²) in [5.41, 5.74) is 4.63. The van der Waals surface area contributed by atoms with Crippen molar-refractivity contribution in [1.82, 2.24) is 5.32 Å². The van der Waals surface area contributed by atoms with Gasteiger partial charge in [0.05, 0.1) is 24.3 Å². The fourth-order valence-electron chi connectivity index (χ4n) is 5.03. The maximum absolute atomic E-state index is 13.8. The van der Waals surface area contributed by atoms with Crippen LogP contribution >= 0.6 is 27.7 Å².